The van der Waals surface area contributed by atoms with E-state index in [0.29, 0.717) is 11.6 Å². The largest absolute Gasteiger partial charge is 0.355 e. The molecular formula is C27H28Cl3N3O4S. The summed E-state index contributed by atoms with van der Waals surface area (Å²) >= 11 is 18.5. The summed E-state index contributed by atoms with van der Waals surface area (Å²) in [6, 6.07) is 19.8. The number of carbonyl (C=O) groups is 2. The Morgan fingerprint density at radius 2 is 1.55 bits per heavy atom. The Morgan fingerprint density at radius 3 is 2.16 bits per heavy atom. The third-order valence-corrected chi connectivity index (χ3v) is 7.95. The van der Waals surface area contributed by atoms with Crippen LogP contribution in [0.1, 0.15) is 18.1 Å². The molecule has 0 heterocycles. The highest BCUT2D eigenvalue weighted by Gasteiger charge is 2.33. The fourth-order valence-corrected chi connectivity index (χ4v) is 5.34. The zero-order chi connectivity index (χ0) is 27.9. The van der Waals surface area contributed by atoms with Crippen LogP contribution in [0.4, 0.5) is 5.69 Å². The number of anilines is 1. The van der Waals surface area contributed by atoms with E-state index in [-0.39, 0.29) is 34.6 Å². The summed E-state index contributed by atoms with van der Waals surface area (Å²) in [7, 11) is -3.95. The second kappa shape index (κ2) is 13.3. The van der Waals surface area contributed by atoms with E-state index in [1.54, 1.807) is 37.3 Å². The minimum absolute atomic E-state index is 0.00112. The Bertz CT molecular complexity index is 1370. The molecule has 1 N–H and O–H groups in total. The van der Waals surface area contributed by atoms with Gasteiger partial charge in [0.25, 0.3) is 0 Å². The standard InChI is InChI=1S/C27H28Cl3N3O4S/c1-3-31-27(35)24(16-19-8-5-4-6-9-19)32(17-20-12-14-21(28)15-13-20)25(34)18-33(38(2,36)37)23-11-7-10-22(29)26(23)30/h4-15,24H,3,16-18H2,1-2H3,(H,31,35)/t24-/m0/s1. The maximum absolute atomic E-state index is 13.9. The summed E-state index contributed by atoms with van der Waals surface area (Å²) in [6.07, 6.45) is 1.20. The second-order valence-electron chi connectivity index (χ2n) is 8.59. The van der Waals surface area contributed by atoms with Crippen molar-refractivity contribution in [1.29, 1.82) is 0 Å². The van der Waals surface area contributed by atoms with Gasteiger partial charge in [0.2, 0.25) is 21.8 Å². The summed E-state index contributed by atoms with van der Waals surface area (Å²) in [5.41, 5.74) is 1.63. The van der Waals surface area contributed by atoms with Crippen LogP contribution in [0.5, 0.6) is 0 Å². The molecule has 0 aliphatic carbocycles. The van der Waals surface area contributed by atoms with Crippen LogP contribution in [0.2, 0.25) is 15.1 Å². The van der Waals surface area contributed by atoms with Gasteiger partial charge in [-0.15, -0.1) is 0 Å². The van der Waals surface area contributed by atoms with E-state index in [2.05, 4.69) is 5.32 Å². The summed E-state index contributed by atoms with van der Waals surface area (Å²) in [4.78, 5) is 28.6. The number of hydrogen-bond acceptors (Lipinski definition) is 4. The Morgan fingerprint density at radius 1 is 0.895 bits per heavy atom. The van der Waals surface area contributed by atoms with Crippen molar-refractivity contribution in [2.24, 2.45) is 0 Å². The number of rotatable bonds is 11. The molecule has 0 unspecified atom stereocenters. The third-order valence-electron chi connectivity index (χ3n) is 5.77. The van der Waals surface area contributed by atoms with E-state index in [9.17, 15) is 18.0 Å². The van der Waals surface area contributed by atoms with Crippen molar-refractivity contribution < 1.29 is 18.0 Å². The topological polar surface area (TPSA) is 86.8 Å². The maximum atomic E-state index is 13.9. The molecule has 0 spiro atoms. The summed E-state index contributed by atoms with van der Waals surface area (Å²) in [5.74, 6) is -0.945. The first kappa shape index (κ1) is 29.8. The molecule has 38 heavy (non-hydrogen) atoms. The lowest BCUT2D eigenvalue weighted by atomic mass is 10.0. The van der Waals surface area contributed by atoms with Gasteiger partial charge in [-0.3, -0.25) is 13.9 Å². The summed E-state index contributed by atoms with van der Waals surface area (Å²) in [5, 5.41) is 3.47. The van der Waals surface area contributed by atoms with E-state index in [4.69, 9.17) is 34.8 Å². The van der Waals surface area contributed by atoms with Crippen LogP contribution in [0, 0.1) is 0 Å². The normalized spacial score (nSPS) is 12.0. The van der Waals surface area contributed by atoms with Crippen LogP contribution in [0.15, 0.2) is 72.8 Å². The monoisotopic (exact) mass is 595 g/mol. The van der Waals surface area contributed by atoms with E-state index < -0.39 is 28.5 Å². The highest BCUT2D eigenvalue weighted by molar-refractivity contribution is 7.92. The van der Waals surface area contributed by atoms with Gasteiger partial charge in [0.15, 0.2) is 0 Å². The van der Waals surface area contributed by atoms with Crippen molar-refractivity contribution in [2.75, 3.05) is 23.7 Å². The minimum Gasteiger partial charge on any atom is -0.355 e. The van der Waals surface area contributed by atoms with Crippen LogP contribution in [0.3, 0.4) is 0 Å². The van der Waals surface area contributed by atoms with Crippen molar-refractivity contribution in [3.05, 3.63) is 99.0 Å². The van der Waals surface area contributed by atoms with E-state index in [0.717, 1.165) is 21.7 Å². The fraction of sp³-hybridized carbons (Fsp3) is 0.259. The number of carbonyl (C=O) groups excluding carboxylic acids is 2. The van der Waals surface area contributed by atoms with Gasteiger partial charge in [0.05, 0.1) is 22.0 Å². The molecule has 0 aliphatic rings. The van der Waals surface area contributed by atoms with Crippen molar-refractivity contribution in [3.8, 4) is 0 Å². The number of halogens is 3. The number of benzene rings is 3. The van der Waals surface area contributed by atoms with Crippen LogP contribution in [0.25, 0.3) is 0 Å². The molecule has 3 aromatic carbocycles. The van der Waals surface area contributed by atoms with Gasteiger partial charge in [-0.05, 0) is 42.3 Å². The first-order valence-corrected chi connectivity index (χ1v) is 14.8. The Balaban J connectivity index is 2.06. The molecular weight excluding hydrogens is 569 g/mol. The lowest BCUT2D eigenvalue weighted by Crippen LogP contribution is -2.53. The molecule has 2 amide bonds. The summed E-state index contributed by atoms with van der Waals surface area (Å²) in [6.45, 7) is 1.61. The lowest BCUT2D eigenvalue weighted by Gasteiger charge is -2.33. The molecule has 7 nitrogen and oxygen atoms in total. The van der Waals surface area contributed by atoms with Gasteiger partial charge in [-0.2, -0.15) is 0 Å². The predicted molar refractivity (Wildman–Crippen MR) is 153 cm³/mol. The van der Waals surface area contributed by atoms with Gasteiger partial charge in [0, 0.05) is 24.5 Å². The van der Waals surface area contributed by atoms with Gasteiger partial charge >= 0.3 is 0 Å². The quantitative estimate of drug-likeness (QED) is 0.330. The van der Waals surface area contributed by atoms with Crippen molar-refractivity contribution in [1.82, 2.24) is 10.2 Å². The summed E-state index contributed by atoms with van der Waals surface area (Å²) < 4.78 is 26.5. The molecule has 11 heteroatoms. The van der Waals surface area contributed by atoms with E-state index in [1.807, 2.05) is 30.3 Å². The molecule has 1 atom stereocenters. The molecule has 202 valence electrons. The number of nitrogens with zero attached hydrogens (tertiary/aromatic N) is 2. The molecule has 3 rings (SSSR count). The molecule has 0 bridgehead atoms. The zero-order valence-electron chi connectivity index (χ0n) is 20.9. The highest BCUT2D eigenvalue weighted by atomic mass is 35.5. The van der Waals surface area contributed by atoms with Gasteiger partial charge in [0.1, 0.15) is 12.6 Å². The fourth-order valence-electron chi connectivity index (χ4n) is 3.91. The Kier molecular flexibility index (Phi) is 10.4. The molecule has 0 saturated heterocycles. The average molecular weight is 597 g/mol. The predicted octanol–water partition coefficient (Wildman–Crippen LogP) is 5.19. The number of amides is 2. The van der Waals surface area contributed by atoms with Crippen LogP contribution in [-0.4, -0.2) is 50.5 Å². The van der Waals surface area contributed by atoms with Crippen LogP contribution in [-0.2, 0) is 32.6 Å². The Hall–Kier alpha value is -2.78. The van der Waals surface area contributed by atoms with Crippen molar-refractivity contribution in [2.45, 2.75) is 25.9 Å². The molecule has 0 aliphatic heterocycles. The first-order valence-electron chi connectivity index (χ1n) is 11.8. The van der Waals surface area contributed by atoms with E-state index >= 15 is 0 Å². The third kappa shape index (κ3) is 7.86. The maximum Gasteiger partial charge on any atom is 0.244 e. The smallest absolute Gasteiger partial charge is 0.244 e. The highest BCUT2D eigenvalue weighted by Crippen LogP contribution is 2.34. The molecule has 0 saturated carbocycles. The lowest BCUT2D eigenvalue weighted by molar-refractivity contribution is -0.140. The molecule has 0 radical (unpaired) electrons. The minimum atomic E-state index is -3.95. The SMILES string of the molecule is CCNC(=O)[C@H](Cc1ccccc1)N(Cc1ccc(Cl)cc1)C(=O)CN(c1cccc(Cl)c1Cl)S(C)(=O)=O. The average Bonchev–Trinajstić information content (AvgIpc) is 2.87. The van der Waals surface area contributed by atoms with Crippen molar-refractivity contribution >= 4 is 62.3 Å². The van der Waals surface area contributed by atoms with Crippen LogP contribution >= 0.6 is 34.8 Å². The van der Waals surface area contributed by atoms with E-state index in [1.165, 1.54) is 17.0 Å². The van der Waals surface area contributed by atoms with Gasteiger partial charge < -0.3 is 10.2 Å². The number of likely N-dealkylation sites (N-methyl/N-ethyl adjacent to an activating group) is 1. The van der Waals surface area contributed by atoms with Crippen molar-refractivity contribution in [3.63, 3.8) is 0 Å². The molecule has 0 aromatic heterocycles. The van der Waals surface area contributed by atoms with Gasteiger partial charge in [-0.1, -0.05) is 83.3 Å². The number of sulfonamides is 1. The first-order chi connectivity index (χ1) is 18.0. The van der Waals surface area contributed by atoms with Gasteiger partial charge in [-0.25, -0.2) is 8.42 Å². The van der Waals surface area contributed by atoms with Crippen LogP contribution < -0.4 is 9.62 Å². The number of hydrogen-bond donors (Lipinski definition) is 1. The molecule has 0 fully saturated rings. The second-order valence-corrected chi connectivity index (χ2v) is 11.7. The molecule has 3 aromatic rings. The Labute approximate surface area is 238 Å². The number of nitrogens with one attached hydrogen (secondary N) is 1. The zero-order valence-corrected chi connectivity index (χ0v) is 24.0.